The second-order valence-corrected chi connectivity index (χ2v) is 4.74. The number of hydrogen-bond acceptors (Lipinski definition) is 4. The lowest BCUT2D eigenvalue weighted by molar-refractivity contribution is -0.134. The van der Waals surface area contributed by atoms with Crippen LogP contribution in [0.2, 0.25) is 0 Å². The molecule has 5 nitrogen and oxygen atoms in total. The molecule has 0 amide bonds. The van der Waals surface area contributed by atoms with E-state index >= 15 is 0 Å². The average molecular weight is 322 g/mol. The number of aromatic nitrogens is 3. The van der Waals surface area contributed by atoms with Crippen LogP contribution in [0.25, 0.3) is 6.08 Å². The molecule has 0 unspecified atom stereocenters. The molecular formula is C13H12BrN3O2. The van der Waals surface area contributed by atoms with Crippen LogP contribution in [0.5, 0.6) is 0 Å². The van der Waals surface area contributed by atoms with E-state index in [9.17, 15) is 4.79 Å². The number of nitrogens with zero attached hydrogens (tertiary/aromatic N) is 3. The van der Waals surface area contributed by atoms with Gasteiger partial charge in [-0.15, -0.1) is 5.10 Å². The molecular weight excluding hydrogens is 310 g/mol. The van der Waals surface area contributed by atoms with Gasteiger partial charge in [-0.05, 0) is 23.8 Å². The molecule has 19 heavy (non-hydrogen) atoms. The van der Waals surface area contributed by atoms with Crippen molar-refractivity contribution in [3.05, 3.63) is 52.3 Å². The molecule has 0 aliphatic rings. The van der Waals surface area contributed by atoms with E-state index in [4.69, 9.17) is 0 Å². The molecule has 0 aliphatic carbocycles. The summed E-state index contributed by atoms with van der Waals surface area (Å²) in [6.07, 6.45) is 4.65. The fraction of sp³-hybridized carbons (Fsp3) is 0.154. The van der Waals surface area contributed by atoms with Gasteiger partial charge in [0.05, 0.1) is 19.9 Å². The largest absolute Gasteiger partial charge is 0.466 e. The molecule has 2 rings (SSSR count). The summed E-state index contributed by atoms with van der Waals surface area (Å²) in [5.41, 5.74) is 1.74. The van der Waals surface area contributed by atoms with Gasteiger partial charge in [-0.25, -0.2) is 9.48 Å². The molecule has 0 spiro atoms. The van der Waals surface area contributed by atoms with E-state index in [2.05, 4.69) is 31.0 Å². The number of benzene rings is 1. The zero-order valence-electron chi connectivity index (χ0n) is 10.3. The third kappa shape index (κ3) is 4.03. The van der Waals surface area contributed by atoms with Crippen molar-refractivity contribution in [3.8, 4) is 0 Å². The van der Waals surface area contributed by atoms with Gasteiger partial charge in [-0.1, -0.05) is 33.3 Å². The lowest BCUT2D eigenvalue weighted by Crippen LogP contribution is -1.99. The topological polar surface area (TPSA) is 57.0 Å². The first-order valence-corrected chi connectivity index (χ1v) is 6.37. The molecule has 0 aliphatic heterocycles. The standard InChI is InChI=1S/C13H12BrN3O2/c1-19-13(18)7-6-12-9-17(16-15-12)8-10-2-4-11(14)5-3-10/h2-7,9H,8H2,1H3/b7-6+. The SMILES string of the molecule is COC(=O)/C=C/c1cn(Cc2ccc(Br)cc2)nn1. The number of methoxy groups -OCH3 is 1. The third-order valence-corrected chi connectivity index (χ3v) is 2.93. The number of halogens is 1. The van der Waals surface area contributed by atoms with Crippen molar-refractivity contribution < 1.29 is 9.53 Å². The summed E-state index contributed by atoms with van der Waals surface area (Å²) < 4.78 is 7.25. The summed E-state index contributed by atoms with van der Waals surface area (Å²) in [5, 5.41) is 7.93. The second kappa shape index (κ2) is 6.29. The Morgan fingerprint density at radius 3 is 2.84 bits per heavy atom. The van der Waals surface area contributed by atoms with Gasteiger partial charge in [0.25, 0.3) is 0 Å². The van der Waals surface area contributed by atoms with Crippen LogP contribution >= 0.6 is 15.9 Å². The van der Waals surface area contributed by atoms with E-state index in [-0.39, 0.29) is 0 Å². The fourth-order valence-corrected chi connectivity index (χ4v) is 1.73. The zero-order chi connectivity index (χ0) is 13.7. The van der Waals surface area contributed by atoms with Gasteiger partial charge in [0, 0.05) is 10.5 Å². The Balaban J connectivity index is 2.03. The maximum absolute atomic E-state index is 10.9. The Kier molecular flexibility index (Phi) is 4.46. The van der Waals surface area contributed by atoms with Crippen molar-refractivity contribution in [1.29, 1.82) is 0 Å². The van der Waals surface area contributed by atoms with Gasteiger partial charge in [0.1, 0.15) is 5.69 Å². The molecule has 0 atom stereocenters. The molecule has 6 heteroatoms. The van der Waals surface area contributed by atoms with Crippen molar-refractivity contribution in [2.75, 3.05) is 7.11 Å². The Morgan fingerprint density at radius 2 is 2.16 bits per heavy atom. The number of esters is 1. The summed E-state index contributed by atoms with van der Waals surface area (Å²) in [6, 6.07) is 7.97. The molecule has 0 bridgehead atoms. The predicted octanol–water partition coefficient (Wildman–Crippen LogP) is 2.28. The first-order valence-electron chi connectivity index (χ1n) is 5.58. The average Bonchev–Trinajstić information content (AvgIpc) is 2.86. The summed E-state index contributed by atoms with van der Waals surface area (Å²) in [7, 11) is 1.33. The van der Waals surface area contributed by atoms with Crippen molar-refractivity contribution in [1.82, 2.24) is 15.0 Å². The fourth-order valence-electron chi connectivity index (χ4n) is 1.47. The van der Waals surface area contributed by atoms with Crippen molar-refractivity contribution in [2.24, 2.45) is 0 Å². The first kappa shape index (κ1) is 13.5. The first-order chi connectivity index (χ1) is 9.17. The minimum atomic E-state index is -0.414. The van der Waals surface area contributed by atoms with Crippen LogP contribution in [-0.2, 0) is 16.1 Å². The summed E-state index contributed by atoms with van der Waals surface area (Å²) in [5.74, 6) is -0.414. The van der Waals surface area contributed by atoms with E-state index < -0.39 is 5.97 Å². The third-order valence-electron chi connectivity index (χ3n) is 2.41. The predicted molar refractivity (Wildman–Crippen MR) is 74.3 cm³/mol. The van der Waals surface area contributed by atoms with Crippen LogP contribution in [0, 0.1) is 0 Å². The number of hydrogen-bond donors (Lipinski definition) is 0. The molecule has 0 saturated carbocycles. The zero-order valence-corrected chi connectivity index (χ0v) is 11.9. The minimum absolute atomic E-state index is 0.414. The Labute approximate surface area is 119 Å². The maximum Gasteiger partial charge on any atom is 0.330 e. The lowest BCUT2D eigenvalue weighted by atomic mass is 10.2. The number of carbonyl (C=O) groups is 1. The Morgan fingerprint density at radius 1 is 1.42 bits per heavy atom. The number of ether oxygens (including phenoxy) is 1. The molecule has 0 radical (unpaired) electrons. The highest BCUT2D eigenvalue weighted by Gasteiger charge is 2.00. The summed E-state index contributed by atoms with van der Waals surface area (Å²) in [4.78, 5) is 10.9. The molecule has 2 aromatic rings. The van der Waals surface area contributed by atoms with Crippen LogP contribution in [0.15, 0.2) is 41.0 Å². The van der Waals surface area contributed by atoms with Gasteiger partial charge < -0.3 is 4.74 Å². The summed E-state index contributed by atoms with van der Waals surface area (Å²) in [6.45, 7) is 0.631. The van der Waals surface area contributed by atoms with E-state index in [1.54, 1.807) is 17.0 Å². The van der Waals surface area contributed by atoms with Gasteiger partial charge in [0.2, 0.25) is 0 Å². The maximum atomic E-state index is 10.9. The number of rotatable bonds is 4. The van der Waals surface area contributed by atoms with Crippen LogP contribution in [-0.4, -0.2) is 28.1 Å². The Bertz CT molecular complexity index is 590. The van der Waals surface area contributed by atoms with Crippen molar-refractivity contribution in [3.63, 3.8) is 0 Å². The molecule has 1 aromatic carbocycles. The van der Waals surface area contributed by atoms with Gasteiger partial charge in [-0.3, -0.25) is 0 Å². The van der Waals surface area contributed by atoms with E-state index in [1.807, 2.05) is 24.3 Å². The number of carbonyl (C=O) groups excluding carboxylic acids is 1. The highest BCUT2D eigenvalue weighted by molar-refractivity contribution is 9.10. The molecule has 1 aromatic heterocycles. The van der Waals surface area contributed by atoms with E-state index in [0.717, 1.165) is 10.0 Å². The molecule has 1 heterocycles. The van der Waals surface area contributed by atoms with Crippen molar-refractivity contribution >= 4 is 28.0 Å². The Hall–Kier alpha value is -1.95. The quantitative estimate of drug-likeness (QED) is 0.640. The normalized spacial score (nSPS) is 10.8. The molecule has 0 fully saturated rings. The highest BCUT2D eigenvalue weighted by Crippen LogP contribution is 2.11. The monoisotopic (exact) mass is 321 g/mol. The van der Waals surface area contributed by atoms with Gasteiger partial charge in [0.15, 0.2) is 0 Å². The van der Waals surface area contributed by atoms with Crippen LogP contribution < -0.4 is 0 Å². The minimum Gasteiger partial charge on any atom is -0.466 e. The smallest absolute Gasteiger partial charge is 0.330 e. The van der Waals surface area contributed by atoms with E-state index in [0.29, 0.717) is 12.2 Å². The lowest BCUT2D eigenvalue weighted by Gasteiger charge is -2.00. The van der Waals surface area contributed by atoms with Gasteiger partial charge >= 0.3 is 5.97 Å². The molecule has 0 N–H and O–H groups in total. The summed E-state index contributed by atoms with van der Waals surface area (Å²) >= 11 is 3.39. The van der Waals surface area contributed by atoms with Crippen LogP contribution in [0.1, 0.15) is 11.3 Å². The van der Waals surface area contributed by atoms with Gasteiger partial charge in [-0.2, -0.15) is 0 Å². The highest BCUT2D eigenvalue weighted by atomic mass is 79.9. The van der Waals surface area contributed by atoms with Crippen LogP contribution in [0.3, 0.4) is 0 Å². The second-order valence-electron chi connectivity index (χ2n) is 3.82. The van der Waals surface area contributed by atoms with Crippen LogP contribution in [0.4, 0.5) is 0 Å². The molecule has 0 saturated heterocycles. The van der Waals surface area contributed by atoms with E-state index in [1.165, 1.54) is 13.2 Å². The van der Waals surface area contributed by atoms with Crippen molar-refractivity contribution in [2.45, 2.75) is 6.54 Å². The molecule has 98 valence electrons.